The summed E-state index contributed by atoms with van der Waals surface area (Å²) in [5, 5.41) is 20.1. The first-order valence-corrected chi connectivity index (χ1v) is 5.59. The SMILES string of the molecule is O=C(Nc1ccc(Cl)nn1)c1cc(F)cc([N+](=O)[O-])c1. The van der Waals surface area contributed by atoms with Crippen molar-refractivity contribution in [3.05, 3.63) is 57.0 Å². The molecule has 2 aromatic rings. The van der Waals surface area contributed by atoms with Crippen LogP contribution >= 0.6 is 11.6 Å². The molecule has 0 unspecified atom stereocenters. The zero-order chi connectivity index (χ0) is 14.7. The zero-order valence-electron chi connectivity index (χ0n) is 9.71. The highest BCUT2D eigenvalue weighted by atomic mass is 35.5. The van der Waals surface area contributed by atoms with Crippen molar-refractivity contribution < 1.29 is 14.1 Å². The molecule has 9 heteroatoms. The first-order chi connectivity index (χ1) is 9.45. The van der Waals surface area contributed by atoms with E-state index in [-0.39, 0.29) is 16.5 Å². The van der Waals surface area contributed by atoms with Crippen LogP contribution in [-0.4, -0.2) is 21.0 Å². The van der Waals surface area contributed by atoms with Gasteiger partial charge in [0.15, 0.2) is 11.0 Å². The number of aromatic nitrogens is 2. The fraction of sp³-hybridized carbons (Fsp3) is 0. The third-order valence-corrected chi connectivity index (χ3v) is 2.43. The highest BCUT2D eigenvalue weighted by Crippen LogP contribution is 2.17. The van der Waals surface area contributed by atoms with Gasteiger partial charge in [-0.15, -0.1) is 10.2 Å². The summed E-state index contributed by atoms with van der Waals surface area (Å²) in [4.78, 5) is 21.6. The van der Waals surface area contributed by atoms with Crippen LogP contribution in [0.3, 0.4) is 0 Å². The van der Waals surface area contributed by atoms with Gasteiger partial charge in [0.2, 0.25) is 0 Å². The zero-order valence-corrected chi connectivity index (χ0v) is 10.5. The second-order valence-corrected chi connectivity index (χ2v) is 4.04. The van der Waals surface area contributed by atoms with Gasteiger partial charge in [-0.3, -0.25) is 14.9 Å². The Morgan fingerprint density at radius 1 is 1.30 bits per heavy atom. The van der Waals surface area contributed by atoms with E-state index < -0.39 is 22.3 Å². The number of carbonyl (C=O) groups is 1. The fourth-order valence-electron chi connectivity index (χ4n) is 1.38. The molecular weight excluding hydrogens is 291 g/mol. The summed E-state index contributed by atoms with van der Waals surface area (Å²) in [6.07, 6.45) is 0. The minimum atomic E-state index is -0.883. The van der Waals surface area contributed by atoms with Crippen LogP contribution in [0.15, 0.2) is 30.3 Å². The quantitative estimate of drug-likeness (QED) is 0.693. The van der Waals surface area contributed by atoms with Gasteiger partial charge in [-0.25, -0.2) is 4.39 Å². The third kappa shape index (κ3) is 3.23. The number of nitrogens with one attached hydrogen (secondary N) is 1. The van der Waals surface area contributed by atoms with E-state index in [0.717, 1.165) is 18.2 Å². The summed E-state index contributed by atoms with van der Waals surface area (Å²) < 4.78 is 13.2. The van der Waals surface area contributed by atoms with Crippen LogP contribution in [0.5, 0.6) is 0 Å². The van der Waals surface area contributed by atoms with Crippen molar-refractivity contribution in [3.8, 4) is 0 Å². The monoisotopic (exact) mass is 296 g/mol. The molecule has 102 valence electrons. The number of carbonyl (C=O) groups excluding carboxylic acids is 1. The standard InChI is InChI=1S/C11H6ClFN4O3/c12-9-1-2-10(16-15-9)14-11(18)6-3-7(13)5-8(4-6)17(19)20/h1-5H,(H,14,16,18). The van der Waals surface area contributed by atoms with Gasteiger partial charge < -0.3 is 5.32 Å². The molecule has 0 saturated heterocycles. The van der Waals surface area contributed by atoms with E-state index in [2.05, 4.69) is 15.5 Å². The second-order valence-electron chi connectivity index (χ2n) is 3.65. The molecule has 1 heterocycles. The van der Waals surface area contributed by atoms with Crippen molar-refractivity contribution >= 4 is 29.0 Å². The van der Waals surface area contributed by atoms with Crippen molar-refractivity contribution in [2.24, 2.45) is 0 Å². The Hall–Kier alpha value is -2.61. The van der Waals surface area contributed by atoms with Gasteiger partial charge >= 0.3 is 0 Å². The molecule has 7 nitrogen and oxygen atoms in total. The molecule has 0 bridgehead atoms. The second kappa shape index (κ2) is 5.57. The lowest BCUT2D eigenvalue weighted by molar-refractivity contribution is -0.385. The molecule has 0 spiro atoms. The smallest absolute Gasteiger partial charge is 0.273 e. The molecule has 0 fully saturated rings. The van der Waals surface area contributed by atoms with E-state index in [4.69, 9.17) is 11.6 Å². The maximum Gasteiger partial charge on any atom is 0.273 e. The molecule has 1 aromatic carbocycles. The van der Waals surface area contributed by atoms with E-state index in [1.54, 1.807) is 0 Å². The van der Waals surface area contributed by atoms with Crippen molar-refractivity contribution in [2.45, 2.75) is 0 Å². The van der Waals surface area contributed by atoms with E-state index in [1.807, 2.05) is 0 Å². The molecular formula is C11H6ClFN4O3. The summed E-state index contributed by atoms with van der Waals surface area (Å²) >= 11 is 5.53. The van der Waals surface area contributed by atoms with Crippen LogP contribution in [0.2, 0.25) is 5.15 Å². The molecule has 2 rings (SSSR count). The van der Waals surface area contributed by atoms with Crippen molar-refractivity contribution in [2.75, 3.05) is 5.32 Å². The number of amides is 1. The minimum absolute atomic E-state index is 0.0892. The number of non-ortho nitro benzene ring substituents is 1. The number of hydrogen-bond donors (Lipinski definition) is 1. The summed E-state index contributed by atoms with van der Waals surface area (Å²) in [6.45, 7) is 0. The molecule has 0 aliphatic carbocycles. The van der Waals surface area contributed by atoms with E-state index in [9.17, 15) is 19.3 Å². The summed E-state index contributed by atoms with van der Waals surface area (Å²) in [5.41, 5.74) is -0.717. The minimum Gasteiger partial charge on any atom is -0.305 e. The average Bonchev–Trinajstić information content (AvgIpc) is 2.40. The number of hydrogen-bond acceptors (Lipinski definition) is 5. The predicted molar refractivity (Wildman–Crippen MR) is 68.0 cm³/mol. The first-order valence-electron chi connectivity index (χ1n) is 5.21. The van der Waals surface area contributed by atoms with Crippen LogP contribution in [0.25, 0.3) is 0 Å². The van der Waals surface area contributed by atoms with Gasteiger partial charge in [-0.05, 0) is 18.2 Å². The number of benzene rings is 1. The summed E-state index contributed by atoms with van der Waals surface area (Å²) in [6, 6.07) is 5.35. The van der Waals surface area contributed by atoms with Crippen LogP contribution < -0.4 is 5.32 Å². The summed E-state index contributed by atoms with van der Waals surface area (Å²) in [5.74, 6) is -1.54. The number of anilines is 1. The van der Waals surface area contributed by atoms with Crippen LogP contribution in [0.1, 0.15) is 10.4 Å². The van der Waals surface area contributed by atoms with Crippen LogP contribution in [0.4, 0.5) is 15.9 Å². The summed E-state index contributed by atoms with van der Waals surface area (Å²) in [7, 11) is 0. The average molecular weight is 297 g/mol. The molecule has 1 aromatic heterocycles. The maximum atomic E-state index is 13.2. The number of nitrogens with zero attached hydrogens (tertiary/aromatic N) is 3. The largest absolute Gasteiger partial charge is 0.305 e. The first kappa shape index (κ1) is 13.8. The van der Waals surface area contributed by atoms with Gasteiger partial charge in [0.1, 0.15) is 5.82 Å². The lowest BCUT2D eigenvalue weighted by Crippen LogP contribution is -2.14. The maximum absolute atomic E-state index is 13.2. The number of nitro benzene ring substituents is 1. The lowest BCUT2D eigenvalue weighted by atomic mass is 10.2. The molecule has 0 aliphatic heterocycles. The van der Waals surface area contributed by atoms with Crippen molar-refractivity contribution in [1.82, 2.24) is 10.2 Å². The Balaban J connectivity index is 2.25. The van der Waals surface area contributed by atoms with Gasteiger partial charge in [0.05, 0.1) is 11.0 Å². The topological polar surface area (TPSA) is 98.0 Å². The Morgan fingerprint density at radius 3 is 2.65 bits per heavy atom. The van der Waals surface area contributed by atoms with E-state index in [0.29, 0.717) is 0 Å². The van der Waals surface area contributed by atoms with E-state index >= 15 is 0 Å². The molecule has 0 radical (unpaired) electrons. The molecule has 1 amide bonds. The van der Waals surface area contributed by atoms with Crippen LogP contribution in [0, 0.1) is 15.9 Å². The number of halogens is 2. The Labute approximate surface area is 116 Å². The van der Waals surface area contributed by atoms with Gasteiger partial charge in [0.25, 0.3) is 11.6 Å². The molecule has 20 heavy (non-hydrogen) atoms. The Morgan fingerprint density at radius 2 is 2.05 bits per heavy atom. The van der Waals surface area contributed by atoms with Gasteiger partial charge in [-0.1, -0.05) is 11.6 Å². The number of rotatable bonds is 3. The highest BCUT2D eigenvalue weighted by Gasteiger charge is 2.15. The molecule has 0 saturated carbocycles. The van der Waals surface area contributed by atoms with Crippen molar-refractivity contribution in [1.29, 1.82) is 0 Å². The Bertz CT molecular complexity index is 678. The normalized spacial score (nSPS) is 10.1. The van der Waals surface area contributed by atoms with E-state index in [1.165, 1.54) is 12.1 Å². The van der Waals surface area contributed by atoms with Crippen molar-refractivity contribution in [3.63, 3.8) is 0 Å². The van der Waals surface area contributed by atoms with Gasteiger partial charge in [-0.2, -0.15) is 0 Å². The molecule has 0 atom stereocenters. The molecule has 0 aliphatic rings. The highest BCUT2D eigenvalue weighted by molar-refractivity contribution is 6.29. The fourth-order valence-corrected chi connectivity index (χ4v) is 1.48. The predicted octanol–water partition coefficient (Wildman–Crippen LogP) is 2.43. The van der Waals surface area contributed by atoms with Crippen LogP contribution in [-0.2, 0) is 0 Å². The number of nitro groups is 1. The lowest BCUT2D eigenvalue weighted by Gasteiger charge is -2.04. The Kier molecular flexibility index (Phi) is 3.85. The third-order valence-electron chi connectivity index (χ3n) is 2.23. The molecule has 1 N–H and O–H groups in total. The van der Waals surface area contributed by atoms with Gasteiger partial charge in [0, 0.05) is 11.6 Å².